The van der Waals surface area contributed by atoms with Crippen molar-refractivity contribution in [2.45, 2.75) is 19.4 Å². The van der Waals surface area contributed by atoms with Crippen molar-refractivity contribution in [3.63, 3.8) is 0 Å². The van der Waals surface area contributed by atoms with E-state index >= 15 is 0 Å². The second kappa shape index (κ2) is 4.56. The van der Waals surface area contributed by atoms with Crippen LogP contribution in [0, 0.1) is 6.92 Å². The summed E-state index contributed by atoms with van der Waals surface area (Å²) in [7, 11) is 2.14. The average molecular weight is 306 g/mol. The SMILES string of the molecule is Cc1cc2c(o1)CN(C)C[C@H]2c1ccccc1Br. The molecule has 1 aliphatic rings. The Morgan fingerprint density at radius 3 is 2.83 bits per heavy atom. The largest absolute Gasteiger partial charge is 0.465 e. The van der Waals surface area contributed by atoms with Crippen molar-refractivity contribution in [3.8, 4) is 0 Å². The highest BCUT2D eigenvalue weighted by Crippen LogP contribution is 2.37. The lowest BCUT2D eigenvalue weighted by Gasteiger charge is -2.29. The van der Waals surface area contributed by atoms with Gasteiger partial charge in [-0.05, 0) is 31.7 Å². The molecule has 2 nitrogen and oxygen atoms in total. The lowest BCUT2D eigenvalue weighted by Crippen LogP contribution is -2.30. The van der Waals surface area contributed by atoms with Gasteiger partial charge in [-0.3, -0.25) is 4.90 Å². The molecule has 1 aromatic heterocycles. The van der Waals surface area contributed by atoms with E-state index in [-0.39, 0.29) is 0 Å². The molecular weight excluding hydrogens is 290 g/mol. The molecule has 0 bridgehead atoms. The van der Waals surface area contributed by atoms with E-state index in [0.29, 0.717) is 5.92 Å². The van der Waals surface area contributed by atoms with Crippen LogP contribution in [-0.4, -0.2) is 18.5 Å². The quantitative estimate of drug-likeness (QED) is 0.794. The highest BCUT2D eigenvalue weighted by Gasteiger charge is 2.28. The third-order valence-electron chi connectivity index (χ3n) is 3.53. The monoisotopic (exact) mass is 305 g/mol. The Morgan fingerprint density at radius 2 is 2.06 bits per heavy atom. The highest BCUT2D eigenvalue weighted by atomic mass is 79.9. The fraction of sp³-hybridized carbons (Fsp3) is 0.333. The lowest BCUT2D eigenvalue weighted by molar-refractivity contribution is 0.260. The van der Waals surface area contributed by atoms with E-state index in [0.717, 1.165) is 24.6 Å². The van der Waals surface area contributed by atoms with Gasteiger partial charge in [0.05, 0.1) is 6.54 Å². The Kier molecular flexibility index (Phi) is 3.04. The first kappa shape index (κ1) is 12.0. The molecule has 0 fully saturated rings. The molecule has 94 valence electrons. The smallest absolute Gasteiger partial charge is 0.122 e. The fourth-order valence-electron chi connectivity index (χ4n) is 2.74. The molecule has 2 aromatic rings. The normalized spacial score (nSPS) is 19.8. The number of likely N-dealkylation sites (N-methyl/N-ethyl adjacent to an activating group) is 1. The van der Waals surface area contributed by atoms with Crippen LogP contribution in [0.15, 0.2) is 39.2 Å². The maximum atomic E-state index is 5.81. The molecule has 0 radical (unpaired) electrons. The van der Waals surface area contributed by atoms with Crippen molar-refractivity contribution in [3.05, 3.63) is 57.5 Å². The van der Waals surface area contributed by atoms with Gasteiger partial charge in [0, 0.05) is 22.5 Å². The maximum absolute atomic E-state index is 5.81. The van der Waals surface area contributed by atoms with Crippen molar-refractivity contribution in [1.29, 1.82) is 0 Å². The molecule has 18 heavy (non-hydrogen) atoms. The van der Waals surface area contributed by atoms with Gasteiger partial charge in [-0.2, -0.15) is 0 Å². The first-order valence-corrected chi connectivity index (χ1v) is 6.96. The van der Waals surface area contributed by atoms with Crippen LogP contribution in [-0.2, 0) is 6.54 Å². The summed E-state index contributed by atoms with van der Waals surface area (Å²) < 4.78 is 6.99. The summed E-state index contributed by atoms with van der Waals surface area (Å²) in [5, 5.41) is 0. The number of rotatable bonds is 1. The van der Waals surface area contributed by atoms with Crippen LogP contribution in [0.1, 0.15) is 28.6 Å². The summed E-state index contributed by atoms with van der Waals surface area (Å²) >= 11 is 3.66. The Hall–Kier alpha value is -1.06. The van der Waals surface area contributed by atoms with E-state index < -0.39 is 0 Å². The van der Waals surface area contributed by atoms with Gasteiger partial charge in [0.1, 0.15) is 11.5 Å². The van der Waals surface area contributed by atoms with Crippen LogP contribution < -0.4 is 0 Å². The summed E-state index contributed by atoms with van der Waals surface area (Å²) in [5.74, 6) is 2.51. The zero-order chi connectivity index (χ0) is 12.7. The van der Waals surface area contributed by atoms with E-state index in [9.17, 15) is 0 Å². The molecular formula is C15H16BrNO. The van der Waals surface area contributed by atoms with Gasteiger partial charge in [0.15, 0.2) is 0 Å². The summed E-state index contributed by atoms with van der Waals surface area (Å²) in [5.41, 5.74) is 2.68. The van der Waals surface area contributed by atoms with E-state index in [1.807, 2.05) is 6.92 Å². The zero-order valence-electron chi connectivity index (χ0n) is 10.6. The number of fused-ring (bicyclic) bond motifs is 1. The predicted molar refractivity (Wildman–Crippen MR) is 75.8 cm³/mol. The predicted octanol–water partition coefficient (Wildman–Crippen LogP) is 3.93. The second-order valence-electron chi connectivity index (χ2n) is 5.01. The molecule has 1 aromatic carbocycles. The topological polar surface area (TPSA) is 16.4 Å². The Balaban J connectivity index is 2.10. The first-order chi connectivity index (χ1) is 8.65. The lowest BCUT2D eigenvalue weighted by atomic mass is 9.88. The molecule has 1 aliphatic heterocycles. The van der Waals surface area contributed by atoms with Gasteiger partial charge < -0.3 is 4.42 Å². The van der Waals surface area contributed by atoms with E-state index in [1.165, 1.54) is 15.6 Å². The van der Waals surface area contributed by atoms with Crippen LogP contribution in [0.3, 0.4) is 0 Å². The zero-order valence-corrected chi connectivity index (χ0v) is 12.2. The molecule has 0 amide bonds. The number of hydrogen-bond acceptors (Lipinski definition) is 2. The highest BCUT2D eigenvalue weighted by molar-refractivity contribution is 9.10. The molecule has 3 rings (SSSR count). The summed E-state index contributed by atoms with van der Waals surface area (Å²) in [6, 6.07) is 10.6. The van der Waals surface area contributed by atoms with Crippen molar-refractivity contribution < 1.29 is 4.42 Å². The minimum absolute atomic E-state index is 0.395. The van der Waals surface area contributed by atoms with Crippen LogP contribution in [0.2, 0.25) is 0 Å². The van der Waals surface area contributed by atoms with Crippen LogP contribution in [0.4, 0.5) is 0 Å². The van der Waals surface area contributed by atoms with Crippen molar-refractivity contribution in [2.75, 3.05) is 13.6 Å². The second-order valence-corrected chi connectivity index (χ2v) is 5.86. The molecule has 2 heterocycles. The van der Waals surface area contributed by atoms with Gasteiger partial charge in [-0.1, -0.05) is 34.1 Å². The van der Waals surface area contributed by atoms with Gasteiger partial charge in [-0.25, -0.2) is 0 Å². The Morgan fingerprint density at radius 1 is 1.28 bits per heavy atom. The van der Waals surface area contributed by atoms with Gasteiger partial charge in [-0.15, -0.1) is 0 Å². The molecule has 3 heteroatoms. The molecule has 1 atom stereocenters. The number of nitrogens with zero attached hydrogens (tertiary/aromatic N) is 1. The minimum atomic E-state index is 0.395. The van der Waals surface area contributed by atoms with Crippen LogP contribution in [0.25, 0.3) is 0 Å². The molecule has 0 aliphatic carbocycles. The fourth-order valence-corrected chi connectivity index (χ4v) is 3.31. The third-order valence-corrected chi connectivity index (χ3v) is 4.25. The average Bonchev–Trinajstić information content (AvgIpc) is 2.69. The molecule has 0 unspecified atom stereocenters. The van der Waals surface area contributed by atoms with E-state index in [2.05, 4.69) is 58.2 Å². The van der Waals surface area contributed by atoms with Crippen molar-refractivity contribution in [2.24, 2.45) is 0 Å². The van der Waals surface area contributed by atoms with Gasteiger partial charge in [0.2, 0.25) is 0 Å². The van der Waals surface area contributed by atoms with E-state index in [4.69, 9.17) is 4.42 Å². The molecule has 0 spiro atoms. The summed E-state index contributed by atoms with van der Waals surface area (Å²) in [6.45, 7) is 3.97. The minimum Gasteiger partial charge on any atom is -0.465 e. The van der Waals surface area contributed by atoms with Gasteiger partial charge in [0.25, 0.3) is 0 Å². The van der Waals surface area contributed by atoms with E-state index in [1.54, 1.807) is 0 Å². The summed E-state index contributed by atoms with van der Waals surface area (Å²) in [6.07, 6.45) is 0. The first-order valence-electron chi connectivity index (χ1n) is 6.17. The number of aryl methyl sites for hydroxylation is 1. The molecule has 0 saturated carbocycles. The van der Waals surface area contributed by atoms with Gasteiger partial charge >= 0.3 is 0 Å². The number of hydrogen-bond donors (Lipinski definition) is 0. The Bertz CT molecular complexity index is 576. The summed E-state index contributed by atoms with van der Waals surface area (Å²) in [4.78, 5) is 2.31. The molecule has 0 N–H and O–H groups in total. The van der Waals surface area contributed by atoms with Crippen molar-refractivity contribution >= 4 is 15.9 Å². The number of halogens is 1. The number of furan rings is 1. The third kappa shape index (κ3) is 2.02. The number of benzene rings is 1. The maximum Gasteiger partial charge on any atom is 0.122 e. The van der Waals surface area contributed by atoms with Crippen molar-refractivity contribution in [1.82, 2.24) is 4.90 Å². The standard InChI is InChI=1S/C15H16BrNO/c1-10-7-12-13(8-17(2)9-15(12)18-10)11-5-3-4-6-14(11)16/h3-7,13H,8-9H2,1-2H3/t13-/m0/s1. The van der Waals surface area contributed by atoms with Crippen LogP contribution >= 0.6 is 15.9 Å². The molecule has 0 saturated heterocycles. The Labute approximate surface area is 116 Å². The van der Waals surface area contributed by atoms with Crippen LogP contribution in [0.5, 0.6) is 0 Å².